The number of likely N-dealkylation sites (N-methyl/N-ethyl adjacent to an activating group) is 2. The van der Waals surface area contributed by atoms with Gasteiger partial charge in [-0.2, -0.15) is 0 Å². The maximum atomic E-state index is 11.7. The van der Waals surface area contributed by atoms with Crippen LogP contribution in [-0.4, -0.2) is 35.9 Å². The first-order valence-corrected chi connectivity index (χ1v) is 6.19. The second-order valence-electron chi connectivity index (χ2n) is 4.10. The molecule has 0 saturated heterocycles. The van der Waals surface area contributed by atoms with Crippen molar-refractivity contribution in [3.8, 4) is 0 Å². The van der Waals surface area contributed by atoms with E-state index in [1.807, 2.05) is 24.8 Å². The first-order chi connectivity index (χ1) is 9.17. The van der Waals surface area contributed by atoms with Crippen LogP contribution in [0.3, 0.4) is 0 Å². The molecule has 0 aliphatic carbocycles. The third kappa shape index (κ3) is 2.59. The Bertz CT molecular complexity index is 581. The molecule has 0 aliphatic heterocycles. The average Bonchev–Trinajstić information content (AvgIpc) is 2.87. The van der Waals surface area contributed by atoms with Crippen LogP contribution in [0.25, 0.3) is 11.0 Å². The van der Waals surface area contributed by atoms with Gasteiger partial charge >= 0.3 is 0 Å². The van der Waals surface area contributed by atoms with E-state index in [0.717, 1.165) is 5.69 Å². The fraction of sp³-hybridized carbons (Fsp3) is 0.417. The topological polar surface area (TPSA) is 97.3 Å². The lowest BCUT2D eigenvalue weighted by molar-refractivity contribution is -0.119. The van der Waals surface area contributed by atoms with Crippen molar-refractivity contribution in [2.45, 2.75) is 13.8 Å². The molecule has 2 aromatic rings. The molecule has 1 amide bonds. The highest BCUT2D eigenvalue weighted by atomic mass is 16.6. The van der Waals surface area contributed by atoms with E-state index in [0.29, 0.717) is 29.8 Å². The zero-order chi connectivity index (χ0) is 13.8. The lowest BCUT2D eigenvalue weighted by Crippen LogP contribution is -2.37. The molecule has 19 heavy (non-hydrogen) atoms. The third-order valence-corrected chi connectivity index (χ3v) is 2.86. The van der Waals surface area contributed by atoms with Crippen molar-refractivity contribution in [1.82, 2.24) is 15.6 Å². The fourth-order valence-corrected chi connectivity index (χ4v) is 1.92. The summed E-state index contributed by atoms with van der Waals surface area (Å²) in [4.78, 5) is 13.6. The minimum Gasteiger partial charge on any atom is -0.397 e. The lowest BCUT2D eigenvalue weighted by atomic mass is 10.2. The number of nitrogens with one attached hydrogen (secondary N) is 1. The van der Waals surface area contributed by atoms with Gasteiger partial charge < -0.3 is 16.0 Å². The molecular weight excluding hydrogens is 246 g/mol. The number of carbonyl (C=O) groups is 1. The molecule has 0 fully saturated rings. The van der Waals surface area contributed by atoms with Gasteiger partial charge in [-0.3, -0.25) is 4.79 Å². The van der Waals surface area contributed by atoms with Crippen LogP contribution in [0.4, 0.5) is 11.4 Å². The molecule has 1 aromatic carbocycles. The van der Waals surface area contributed by atoms with E-state index < -0.39 is 0 Å². The van der Waals surface area contributed by atoms with Gasteiger partial charge in [0.2, 0.25) is 5.91 Å². The second kappa shape index (κ2) is 5.55. The van der Waals surface area contributed by atoms with Crippen molar-refractivity contribution in [2.75, 3.05) is 30.3 Å². The minimum absolute atomic E-state index is 0.0363. The van der Waals surface area contributed by atoms with Gasteiger partial charge in [-0.15, -0.1) is 0 Å². The van der Waals surface area contributed by atoms with E-state index >= 15 is 0 Å². The number of anilines is 2. The number of carbonyl (C=O) groups excluding carboxylic acids is 1. The molecule has 102 valence electrons. The summed E-state index contributed by atoms with van der Waals surface area (Å²) in [7, 11) is 0. The Morgan fingerprint density at radius 3 is 2.79 bits per heavy atom. The molecule has 1 heterocycles. The molecule has 2 rings (SSSR count). The molecule has 0 atom stereocenters. The van der Waals surface area contributed by atoms with Crippen molar-refractivity contribution in [3.63, 3.8) is 0 Å². The zero-order valence-corrected chi connectivity index (χ0v) is 11.0. The van der Waals surface area contributed by atoms with Gasteiger partial charge in [0.1, 0.15) is 0 Å². The molecule has 0 bridgehead atoms. The number of amides is 1. The molecule has 3 N–H and O–H groups in total. The summed E-state index contributed by atoms with van der Waals surface area (Å²) in [5, 5.41) is 10.4. The summed E-state index contributed by atoms with van der Waals surface area (Å²) in [6.45, 7) is 5.39. The van der Waals surface area contributed by atoms with Crippen molar-refractivity contribution in [1.29, 1.82) is 0 Å². The molecule has 0 spiro atoms. The number of nitrogens with two attached hydrogens (primary N) is 1. The standard InChI is InChI=1S/C12H17N5O2/c1-3-14-10(18)7-17(4-2)9-6-5-8(13)11-12(9)16-19-15-11/h5-6H,3-4,7,13H2,1-2H3,(H,14,18). The van der Waals surface area contributed by atoms with Gasteiger partial charge in [0.15, 0.2) is 11.0 Å². The monoisotopic (exact) mass is 263 g/mol. The first-order valence-electron chi connectivity index (χ1n) is 6.19. The Balaban J connectivity index is 2.33. The quantitative estimate of drug-likeness (QED) is 0.773. The summed E-state index contributed by atoms with van der Waals surface area (Å²) >= 11 is 0. The van der Waals surface area contributed by atoms with E-state index in [2.05, 4.69) is 15.6 Å². The predicted octanol–water partition coefficient (Wildman–Crippen LogP) is 0.767. The maximum Gasteiger partial charge on any atom is 0.239 e. The smallest absolute Gasteiger partial charge is 0.239 e. The number of rotatable bonds is 5. The van der Waals surface area contributed by atoms with Crippen molar-refractivity contribution < 1.29 is 9.42 Å². The maximum absolute atomic E-state index is 11.7. The second-order valence-corrected chi connectivity index (χ2v) is 4.10. The highest BCUT2D eigenvalue weighted by Crippen LogP contribution is 2.27. The number of nitrogen functional groups attached to an aromatic ring is 1. The van der Waals surface area contributed by atoms with Gasteiger partial charge in [0, 0.05) is 13.1 Å². The van der Waals surface area contributed by atoms with Crippen LogP contribution in [0.1, 0.15) is 13.8 Å². The summed E-state index contributed by atoms with van der Waals surface area (Å²) in [5.41, 5.74) is 8.19. The number of nitrogens with zero attached hydrogens (tertiary/aromatic N) is 3. The Morgan fingerprint density at radius 2 is 2.11 bits per heavy atom. The fourth-order valence-electron chi connectivity index (χ4n) is 1.92. The Kier molecular flexibility index (Phi) is 3.84. The minimum atomic E-state index is -0.0363. The number of hydrogen-bond donors (Lipinski definition) is 2. The molecule has 0 radical (unpaired) electrons. The average molecular weight is 263 g/mol. The molecular formula is C12H17N5O2. The Labute approximate surface area is 110 Å². The Morgan fingerprint density at radius 1 is 1.37 bits per heavy atom. The SMILES string of the molecule is CCNC(=O)CN(CC)c1ccc(N)c2nonc12. The predicted molar refractivity (Wildman–Crippen MR) is 72.8 cm³/mol. The first kappa shape index (κ1) is 13.1. The van der Waals surface area contributed by atoms with Crippen molar-refractivity contribution in [2.24, 2.45) is 0 Å². The van der Waals surface area contributed by atoms with Crippen LogP contribution in [0.15, 0.2) is 16.8 Å². The molecule has 0 unspecified atom stereocenters. The largest absolute Gasteiger partial charge is 0.397 e. The molecule has 1 aromatic heterocycles. The molecule has 0 saturated carbocycles. The molecule has 7 heteroatoms. The normalized spacial score (nSPS) is 10.6. The van der Waals surface area contributed by atoms with Crippen LogP contribution >= 0.6 is 0 Å². The van der Waals surface area contributed by atoms with Crippen LogP contribution in [0.2, 0.25) is 0 Å². The van der Waals surface area contributed by atoms with E-state index in [1.54, 1.807) is 6.07 Å². The van der Waals surface area contributed by atoms with Crippen LogP contribution in [0.5, 0.6) is 0 Å². The van der Waals surface area contributed by atoms with Crippen molar-refractivity contribution in [3.05, 3.63) is 12.1 Å². The van der Waals surface area contributed by atoms with Gasteiger partial charge in [-0.05, 0) is 36.3 Å². The number of hydrogen-bond acceptors (Lipinski definition) is 6. The summed E-state index contributed by atoms with van der Waals surface area (Å²) in [6, 6.07) is 3.56. The Hall–Kier alpha value is -2.31. The highest BCUT2D eigenvalue weighted by Gasteiger charge is 2.16. The summed E-state index contributed by atoms with van der Waals surface area (Å²) < 4.78 is 4.73. The van der Waals surface area contributed by atoms with Crippen LogP contribution in [0, 0.1) is 0 Å². The van der Waals surface area contributed by atoms with E-state index in [4.69, 9.17) is 10.4 Å². The van der Waals surface area contributed by atoms with Gasteiger partial charge in [-0.25, -0.2) is 4.63 Å². The van der Waals surface area contributed by atoms with Crippen LogP contribution < -0.4 is 16.0 Å². The van der Waals surface area contributed by atoms with E-state index in [-0.39, 0.29) is 12.5 Å². The van der Waals surface area contributed by atoms with Gasteiger partial charge in [0.25, 0.3) is 0 Å². The number of benzene rings is 1. The van der Waals surface area contributed by atoms with E-state index in [1.165, 1.54) is 0 Å². The summed E-state index contributed by atoms with van der Waals surface area (Å²) in [6.07, 6.45) is 0. The summed E-state index contributed by atoms with van der Waals surface area (Å²) in [5.74, 6) is -0.0363. The lowest BCUT2D eigenvalue weighted by Gasteiger charge is -2.22. The number of aromatic nitrogens is 2. The number of fused-ring (bicyclic) bond motifs is 1. The van der Waals surface area contributed by atoms with Crippen molar-refractivity contribution >= 4 is 28.3 Å². The van der Waals surface area contributed by atoms with Crippen LogP contribution in [-0.2, 0) is 4.79 Å². The molecule has 0 aliphatic rings. The molecule has 7 nitrogen and oxygen atoms in total. The van der Waals surface area contributed by atoms with E-state index in [9.17, 15) is 4.79 Å². The van der Waals surface area contributed by atoms with Gasteiger partial charge in [0.05, 0.1) is 17.9 Å². The zero-order valence-electron chi connectivity index (χ0n) is 11.0. The highest BCUT2D eigenvalue weighted by molar-refractivity contribution is 5.96. The van der Waals surface area contributed by atoms with Gasteiger partial charge in [-0.1, -0.05) is 0 Å². The third-order valence-electron chi connectivity index (χ3n) is 2.86.